The quantitative estimate of drug-likeness (QED) is 0.623. The molecule has 0 atom stereocenters. The Morgan fingerprint density at radius 1 is 0.714 bits per heavy atom. The van der Waals surface area contributed by atoms with E-state index in [-0.39, 0.29) is 22.8 Å². The SMILES string of the molecule is Fc1ccccc1-c1nnc(-c2c(F)cccc2I)nn1. The molecule has 3 aromatic rings. The van der Waals surface area contributed by atoms with Crippen molar-refractivity contribution in [3.63, 3.8) is 0 Å². The predicted molar refractivity (Wildman–Crippen MR) is 81.1 cm³/mol. The van der Waals surface area contributed by atoms with Gasteiger partial charge in [-0.25, -0.2) is 8.78 Å². The van der Waals surface area contributed by atoms with Crippen LogP contribution >= 0.6 is 22.6 Å². The molecule has 0 aliphatic heterocycles. The first kappa shape index (κ1) is 13.9. The summed E-state index contributed by atoms with van der Waals surface area (Å²) in [4.78, 5) is 0. The number of benzene rings is 2. The zero-order valence-corrected chi connectivity index (χ0v) is 12.6. The van der Waals surface area contributed by atoms with E-state index in [1.807, 2.05) is 22.6 Å². The lowest BCUT2D eigenvalue weighted by molar-refractivity contribution is 0.625. The fourth-order valence-corrected chi connectivity index (χ4v) is 2.50. The van der Waals surface area contributed by atoms with Crippen molar-refractivity contribution in [3.8, 4) is 22.8 Å². The summed E-state index contributed by atoms with van der Waals surface area (Å²) in [5.74, 6) is -0.792. The Labute approximate surface area is 132 Å². The maximum atomic E-state index is 13.8. The minimum absolute atomic E-state index is 0.0585. The van der Waals surface area contributed by atoms with Gasteiger partial charge in [0.2, 0.25) is 11.6 Å². The van der Waals surface area contributed by atoms with Crippen LogP contribution in [0.1, 0.15) is 0 Å². The normalized spacial score (nSPS) is 10.6. The van der Waals surface area contributed by atoms with Gasteiger partial charge in [0.15, 0.2) is 0 Å². The summed E-state index contributed by atoms with van der Waals surface area (Å²) >= 11 is 1.98. The van der Waals surface area contributed by atoms with Crippen molar-refractivity contribution in [2.75, 3.05) is 0 Å². The molecule has 0 aliphatic carbocycles. The monoisotopic (exact) mass is 396 g/mol. The molecule has 2 aromatic carbocycles. The van der Waals surface area contributed by atoms with Crippen molar-refractivity contribution in [2.24, 2.45) is 0 Å². The Hall–Kier alpha value is -2.03. The average molecular weight is 396 g/mol. The molecule has 1 aromatic heterocycles. The number of nitrogens with zero attached hydrogens (tertiary/aromatic N) is 4. The van der Waals surface area contributed by atoms with Crippen LogP contribution < -0.4 is 0 Å². The fourth-order valence-electron chi connectivity index (χ4n) is 1.79. The smallest absolute Gasteiger partial charge is 0.206 e. The molecule has 0 amide bonds. The first-order valence-electron chi connectivity index (χ1n) is 5.93. The lowest BCUT2D eigenvalue weighted by Gasteiger charge is -2.04. The van der Waals surface area contributed by atoms with E-state index in [1.165, 1.54) is 18.2 Å². The molecule has 0 unspecified atom stereocenters. The van der Waals surface area contributed by atoms with E-state index >= 15 is 0 Å². The van der Waals surface area contributed by atoms with Crippen LogP contribution in [-0.4, -0.2) is 20.4 Å². The second kappa shape index (κ2) is 5.76. The number of rotatable bonds is 2. The van der Waals surface area contributed by atoms with Gasteiger partial charge in [0.25, 0.3) is 0 Å². The fraction of sp³-hybridized carbons (Fsp3) is 0. The van der Waals surface area contributed by atoms with Gasteiger partial charge in [-0.2, -0.15) is 0 Å². The highest BCUT2D eigenvalue weighted by Crippen LogP contribution is 2.25. The average Bonchev–Trinajstić information content (AvgIpc) is 2.48. The van der Waals surface area contributed by atoms with Gasteiger partial charge in [0.1, 0.15) is 11.6 Å². The van der Waals surface area contributed by atoms with Crippen LogP contribution in [0.25, 0.3) is 22.8 Å². The van der Waals surface area contributed by atoms with Crippen LogP contribution in [0.5, 0.6) is 0 Å². The van der Waals surface area contributed by atoms with E-state index in [1.54, 1.807) is 24.3 Å². The molecule has 1 heterocycles. The topological polar surface area (TPSA) is 51.6 Å². The van der Waals surface area contributed by atoms with E-state index in [2.05, 4.69) is 20.4 Å². The molecule has 3 rings (SSSR count). The Balaban J connectivity index is 2.04. The van der Waals surface area contributed by atoms with Gasteiger partial charge >= 0.3 is 0 Å². The molecule has 0 saturated heterocycles. The second-order valence-corrected chi connectivity index (χ2v) is 5.29. The zero-order valence-electron chi connectivity index (χ0n) is 10.5. The third-order valence-corrected chi connectivity index (χ3v) is 3.68. The summed E-state index contributed by atoms with van der Waals surface area (Å²) in [5, 5.41) is 15.4. The van der Waals surface area contributed by atoms with Gasteiger partial charge in [-0.05, 0) is 46.9 Å². The van der Waals surface area contributed by atoms with Gasteiger partial charge in [-0.3, -0.25) is 0 Å². The Morgan fingerprint density at radius 2 is 1.33 bits per heavy atom. The van der Waals surface area contributed by atoms with E-state index in [4.69, 9.17) is 0 Å². The van der Waals surface area contributed by atoms with E-state index in [0.717, 1.165) is 0 Å². The molecule has 0 bridgehead atoms. The molecule has 0 spiro atoms. The molecule has 0 fully saturated rings. The summed E-state index contributed by atoms with van der Waals surface area (Å²) in [6.45, 7) is 0. The van der Waals surface area contributed by atoms with Crippen molar-refractivity contribution in [2.45, 2.75) is 0 Å². The van der Waals surface area contributed by atoms with Crippen LogP contribution in [0, 0.1) is 15.2 Å². The van der Waals surface area contributed by atoms with Crippen LogP contribution in [0.2, 0.25) is 0 Å². The third-order valence-electron chi connectivity index (χ3n) is 2.78. The number of hydrogen-bond donors (Lipinski definition) is 0. The lowest BCUT2D eigenvalue weighted by atomic mass is 10.2. The van der Waals surface area contributed by atoms with E-state index < -0.39 is 11.6 Å². The highest BCUT2D eigenvalue weighted by molar-refractivity contribution is 14.1. The molecular formula is C14H7F2IN4. The van der Waals surface area contributed by atoms with Crippen molar-refractivity contribution in [3.05, 3.63) is 57.7 Å². The minimum Gasteiger partial charge on any atom is -0.206 e. The molecule has 4 nitrogen and oxygen atoms in total. The molecule has 0 saturated carbocycles. The summed E-state index contributed by atoms with van der Waals surface area (Å²) < 4.78 is 28.1. The van der Waals surface area contributed by atoms with Gasteiger partial charge < -0.3 is 0 Å². The highest BCUT2D eigenvalue weighted by Gasteiger charge is 2.15. The van der Waals surface area contributed by atoms with E-state index in [0.29, 0.717) is 3.57 Å². The first-order valence-corrected chi connectivity index (χ1v) is 7.01. The standard InChI is InChI=1S/C14H7F2IN4/c15-9-5-2-1-4-8(9)13-18-20-14(21-19-13)12-10(16)6-3-7-11(12)17/h1-7H. The minimum atomic E-state index is -0.464. The summed E-state index contributed by atoms with van der Waals surface area (Å²) in [6.07, 6.45) is 0. The second-order valence-electron chi connectivity index (χ2n) is 4.12. The molecule has 104 valence electrons. The van der Waals surface area contributed by atoms with Crippen LogP contribution in [0.3, 0.4) is 0 Å². The summed E-state index contributed by atoms with van der Waals surface area (Å²) in [7, 11) is 0. The Kier molecular flexibility index (Phi) is 3.82. The number of aromatic nitrogens is 4. The maximum absolute atomic E-state index is 13.8. The molecule has 0 aliphatic rings. The number of halogens is 3. The number of hydrogen-bond acceptors (Lipinski definition) is 4. The van der Waals surface area contributed by atoms with Gasteiger partial charge in [-0.1, -0.05) is 18.2 Å². The molecule has 0 N–H and O–H groups in total. The zero-order chi connectivity index (χ0) is 14.8. The Morgan fingerprint density at radius 3 is 2.00 bits per heavy atom. The molecular weight excluding hydrogens is 389 g/mol. The van der Waals surface area contributed by atoms with Crippen molar-refractivity contribution < 1.29 is 8.78 Å². The van der Waals surface area contributed by atoms with E-state index in [9.17, 15) is 8.78 Å². The molecule has 0 radical (unpaired) electrons. The summed E-state index contributed by atoms with van der Waals surface area (Å²) in [6, 6.07) is 10.7. The molecule has 7 heteroatoms. The molecule has 21 heavy (non-hydrogen) atoms. The van der Waals surface area contributed by atoms with Gasteiger partial charge in [-0.15, -0.1) is 20.4 Å². The predicted octanol–water partition coefficient (Wildman–Crippen LogP) is 3.48. The van der Waals surface area contributed by atoms with Crippen molar-refractivity contribution >= 4 is 22.6 Å². The van der Waals surface area contributed by atoms with Crippen molar-refractivity contribution in [1.29, 1.82) is 0 Å². The van der Waals surface area contributed by atoms with Crippen LogP contribution in [0.4, 0.5) is 8.78 Å². The third kappa shape index (κ3) is 2.73. The lowest BCUT2D eigenvalue weighted by Crippen LogP contribution is -2.02. The van der Waals surface area contributed by atoms with Crippen LogP contribution in [0.15, 0.2) is 42.5 Å². The summed E-state index contributed by atoms with van der Waals surface area (Å²) in [5.41, 5.74) is 0.436. The van der Waals surface area contributed by atoms with Crippen LogP contribution in [-0.2, 0) is 0 Å². The largest absolute Gasteiger partial charge is 0.207 e. The van der Waals surface area contributed by atoms with Gasteiger partial charge in [0, 0.05) is 3.57 Å². The van der Waals surface area contributed by atoms with Crippen molar-refractivity contribution in [1.82, 2.24) is 20.4 Å². The highest BCUT2D eigenvalue weighted by atomic mass is 127. The first-order chi connectivity index (χ1) is 10.2. The Bertz CT molecular complexity index is 773. The maximum Gasteiger partial charge on any atom is 0.207 e. The van der Waals surface area contributed by atoms with Gasteiger partial charge in [0.05, 0.1) is 11.1 Å².